The number of nitrogens with zero attached hydrogens (tertiary/aromatic N) is 2. The molecule has 0 spiro atoms. The van der Waals surface area contributed by atoms with Crippen LogP contribution in [0.4, 0.5) is 0 Å². The van der Waals surface area contributed by atoms with E-state index in [1.807, 2.05) is 37.3 Å². The van der Waals surface area contributed by atoms with Crippen LogP contribution in [-0.4, -0.2) is 29.7 Å². The fraction of sp³-hybridized carbons (Fsp3) is 0.407. The van der Waals surface area contributed by atoms with Crippen LogP contribution in [0.15, 0.2) is 42.5 Å². The second-order valence-electron chi connectivity index (χ2n) is 8.67. The van der Waals surface area contributed by atoms with Gasteiger partial charge in [-0.2, -0.15) is 0 Å². The molecular formula is C27H34ClN3O3. The van der Waals surface area contributed by atoms with Gasteiger partial charge in [-0.05, 0) is 49.8 Å². The fourth-order valence-electron chi connectivity index (χ4n) is 4.04. The predicted molar refractivity (Wildman–Crippen MR) is 136 cm³/mol. The van der Waals surface area contributed by atoms with Crippen molar-refractivity contribution >= 4 is 17.5 Å². The maximum Gasteiger partial charge on any atom is 0.220 e. The Morgan fingerprint density at radius 2 is 1.85 bits per heavy atom. The maximum absolute atomic E-state index is 12.6. The Balaban J connectivity index is 1.54. The van der Waals surface area contributed by atoms with Crippen molar-refractivity contribution in [1.82, 2.24) is 14.9 Å². The number of amides is 1. The third kappa shape index (κ3) is 6.32. The summed E-state index contributed by atoms with van der Waals surface area (Å²) in [6.07, 6.45) is 1.96. The van der Waals surface area contributed by atoms with E-state index in [9.17, 15) is 4.79 Å². The van der Waals surface area contributed by atoms with Crippen molar-refractivity contribution in [3.63, 3.8) is 0 Å². The molecule has 6 nitrogen and oxygen atoms in total. The smallest absolute Gasteiger partial charge is 0.220 e. The normalized spacial score (nSPS) is 11.8. The summed E-state index contributed by atoms with van der Waals surface area (Å²) in [5, 5.41) is 3.61. The maximum atomic E-state index is 12.6. The van der Waals surface area contributed by atoms with E-state index in [0.717, 1.165) is 42.2 Å². The summed E-state index contributed by atoms with van der Waals surface area (Å²) in [4.78, 5) is 17.3. The van der Waals surface area contributed by atoms with E-state index >= 15 is 0 Å². The molecule has 0 fully saturated rings. The molecule has 34 heavy (non-hydrogen) atoms. The summed E-state index contributed by atoms with van der Waals surface area (Å²) in [5.74, 6) is 2.33. The molecule has 1 aromatic heterocycles. The minimum Gasteiger partial charge on any atom is -0.493 e. The van der Waals surface area contributed by atoms with E-state index in [0.29, 0.717) is 29.5 Å². The van der Waals surface area contributed by atoms with Gasteiger partial charge in [-0.1, -0.05) is 54.9 Å². The van der Waals surface area contributed by atoms with E-state index < -0.39 is 0 Å². The van der Waals surface area contributed by atoms with Gasteiger partial charge in [0.2, 0.25) is 5.91 Å². The highest BCUT2D eigenvalue weighted by atomic mass is 35.5. The number of benzene rings is 2. The van der Waals surface area contributed by atoms with Crippen LogP contribution in [0.5, 0.6) is 11.5 Å². The lowest BCUT2D eigenvalue weighted by atomic mass is 9.96. The Morgan fingerprint density at radius 1 is 1.12 bits per heavy atom. The van der Waals surface area contributed by atoms with Crippen molar-refractivity contribution in [2.75, 3.05) is 14.2 Å². The van der Waals surface area contributed by atoms with Crippen molar-refractivity contribution in [3.8, 4) is 11.5 Å². The van der Waals surface area contributed by atoms with Gasteiger partial charge in [-0.3, -0.25) is 4.79 Å². The van der Waals surface area contributed by atoms with Crippen LogP contribution in [0, 0.1) is 19.8 Å². The predicted octanol–water partition coefficient (Wildman–Crippen LogP) is 5.49. The van der Waals surface area contributed by atoms with E-state index in [-0.39, 0.29) is 11.8 Å². The first-order chi connectivity index (χ1) is 16.3. The molecule has 7 heteroatoms. The van der Waals surface area contributed by atoms with Crippen LogP contribution < -0.4 is 14.8 Å². The summed E-state index contributed by atoms with van der Waals surface area (Å²) >= 11 is 6.51. The number of ether oxygens (including phenoxy) is 2. The van der Waals surface area contributed by atoms with Crippen LogP contribution >= 0.6 is 11.6 Å². The molecule has 0 aliphatic rings. The second kappa shape index (κ2) is 11.9. The number of rotatable bonds is 11. The van der Waals surface area contributed by atoms with Crippen LogP contribution in [-0.2, 0) is 24.3 Å². The quantitative estimate of drug-likeness (QED) is 0.391. The number of carbonyl (C=O) groups is 1. The summed E-state index contributed by atoms with van der Waals surface area (Å²) < 4.78 is 12.9. The number of aromatic nitrogens is 2. The molecule has 1 heterocycles. The Bertz CT molecular complexity index is 1110. The van der Waals surface area contributed by atoms with Crippen molar-refractivity contribution in [1.29, 1.82) is 0 Å². The van der Waals surface area contributed by atoms with Gasteiger partial charge in [-0.25, -0.2) is 4.98 Å². The summed E-state index contributed by atoms with van der Waals surface area (Å²) in [6.45, 7) is 7.35. The molecule has 1 N–H and O–H groups in total. The van der Waals surface area contributed by atoms with E-state index in [4.69, 9.17) is 21.1 Å². The summed E-state index contributed by atoms with van der Waals surface area (Å²) in [6, 6.07) is 14.1. The Labute approximate surface area is 207 Å². The molecule has 182 valence electrons. The Kier molecular flexibility index (Phi) is 8.99. The van der Waals surface area contributed by atoms with E-state index in [1.54, 1.807) is 14.2 Å². The van der Waals surface area contributed by atoms with Gasteiger partial charge in [0.05, 0.1) is 31.5 Å². The molecule has 0 aliphatic carbocycles. The Morgan fingerprint density at radius 3 is 2.53 bits per heavy atom. The van der Waals surface area contributed by atoms with E-state index in [1.165, 1.54) is 5.56 Å². The van der Waals surface area contributed by atoms with Crippen molar-refractivity contribution < 1.29 is 14.3 Å². The molecule has 0 saturated heterocycles. The van der Waals surface area contributed by atoms with Gasteiger partial charge in [-0.15, -0.1) is 0 Å². The van der Waals surface area contributed by atoms with Crippen LogP contribution in [0.25, 0.3) is 0 Å². The summed E-state index contributed by atoms with van der Waals surface area (Å²) in [7, 11) is 3.17. The van der Waals surface area contributed by atoms with Gasteiger partial charge in [0.25, 0.3) is 0 Å². The average Bonchev–Trinajstić information content (AvgIpc) is 3.10. The fourth-order valence-corrected chi connectivity index (χ4v) is 4.35. The minimum absolute atomic E-state index is 0.0230. The highest BCUT2D eigenvalue weighted by Crippen LogP contribution is 2.38. The van der Waals surface area contributed by atoms with Crippen molar-refractivity contribution in [2.24, 2.45) is 5.92 Å². The number of nitrogens with one attached hydrogen (secondary N) is 1. The Hall–Kier alpha value is -2.99. The third-order valence-electron chi connectivity index (χ3n) is 6.16. The molecular weight excluding hydrogens is 450 g/mol. The highest BCUT2D eigenvalue weighted by Gasteiger charge is 2.17. The monoisotopic (exact) mass is 483 g/mol. The third-order valence-corrected chi connectivity index (χ3v) is 6.58. The largest absolute Gasteiger partial charge is 0.493 e. The molecule has 0 radical (unpaired) electrons. The molecule has 1 amide bonds. The number of carbonyl (C=O) groups excluding carboxylic acids is 1. The molecule has 3 aromatic rings. The standard InChI is InChI=1S/C27H34ClN3O3/c1-18(15-22-12-13-23(33-4)27(34-5)26(22)28)11-14-25(32)29-16-24-30-19(2)20(3)31(24)17-21-9-7-6-8-10-21/h6-10,12-13,18H,11,14-17H2,1-5H3,(H,29,32). The van der Waals surface area contributed by atoms with Crippen molar-refractivity contribution in [3.05, 3.63) is 75.8 Å². The molecule has 0 aliphatic heterocycles. The van der Waals surface area contributed by atoms with Crippen LogP contribution in [0.3, 0.4) is 0 Å². The first-order valence-corrected chi connectivity index (χ1v) is 11.9. The molecule has 1 unspecified atom stereocenters. The zero-order valence-electron chi connectivity index (χ0n) is 20.7. The molecule has 0 bridgehead atoms. The zero-order valence-corrected chi connectivity index (χ0v) is 21.4. The first-order valence-electron chi connectivity index (χ1n) is 11.6. The van der Waals surface area contributed by atoms with Gasteiger partial charge in [0.15, 0.2) is 11.5 Å². The SMILES string of the molecule is COc1ccc(CC(C)CCC(=O)NCc2nc(C)c(C)n2Cc2ccccc2)c(Cl)c1OC. The number of hydrogen-bond donors (Lipinski definition) is 1. The van der Waals surface area contributed by atoms with E-state index in [2.05, 4.69) is 40.8 Å². The van der Waals surface area contributed by atoms with Crippen LogP contribution in [0.1, 0.15) is 48.1 Å². The molecule has 0 saturated carbocycles. The molecule has 2 aromatic carbocycles. The topological polar surface area (TPSA) is 65.4 Å². The second-order valence-corrected chi connectivity index (χ2v) is 9.05. The lowest BCUT2D eigenvalue weighted by molar-refractivity contribution is -0.121. The number of halogens is 1. The lowest BCUT2D eigenvalue weighted by Gasteiger charge is -2.16. The van der Waals surface area contributed by atoms with Crippen LogP contribution in [0.2, 0.25) is 5.02 Å². The highest BCUT2D eigenvalue weighted by molar-refractivity contribution is 6.33. The number of aryl methyl sites for hydroxylation is 1. The molecule has 1 atom stereocenters. The van der Waals surface area contributed by atoms with Crippen molar-refractivity contribution in [2.45, 2.75) is 53.1 Å². The van der Waals surface area contributed by atoms with Gasteiger partial charge >= 0.3 is 0 Å². The van der Waals surface area contributed by atoms with Gasteiger partial charge < -0.3 is 19.4 Å². The number of imidazole rings is 1. The van der Waals surface area contributed by atoms with Gasteiger partial charge in [0, 0.05) is 18.7 Å². The summed E-state index contributed by atoms with van der Waals surface area (Å²) in [5.41, 5.74) is 4.30. The number of methoxy groups -OCH3 is 2. The lowest BCUT2D eigenvalue weighted by Crippen LogP contribution is -2.25. The average molecular weight is 484 g/mol. The first kappa shape index (κ1) is 25.6. The zero-order chi connectivity index (χ0) is 24.7. The minimum atomic E-state index is 0.0230. The van der Waals surface area contributed by atoms with Gasteiger partial charge in [0.1, 0.15) is 5.82 Å². The molecule has 3 rings (SSSR count). The number of hydrogen-bond acceptors (Lipinski definition) is 4.